The van der Waals surface area contributed by atoms with Gasteiger partial charge in [0.15, 0.2) is 0 Å². The summed E-state index contributed by atoms with van der Waals surface area (Å²) in [6.07, 6.45) is 2.51. The average Bonchev–Trinajstić information content (AvgIpc) is 2.74. The van der Waals surface area contributed by atoms with Crippen LogP contribution in [0.4, 0.5) is 0 Å². The topological polar surface area (TPSA) is 44.7 Å². The van der Waals surface area contributed by atoms with Gasteiger partial charge in [-0.15, -0.1) is 0 Å². The van der Waals surface area contributed by atoms with Crippen LogP contribution in [0, 0.1) is 5.92 Å². The second-order valence-electron chi connectivity index (χ2n) is 5.08. The summed E-state index contributed by atoms with van der Waals surface area (Å²) >= 11 is 0. The first-order valence-electron chi connectivity index (χ1n) is 6.48. The Morgan fingerprint density at radius 3 is 3.06 bits per heavy atom. The molecule has 2 aliphatic heterocycles. The minimum atomic E-state index is 0.304. The van der Waals surface area contributed by atoms with Crippen molar-refractivity contribution in [3.05, 3.63) is 0 Å². The van der Waals surface area contributed by atoms with Gasteiger partial charge in [-0.3, -0.25) is 0 Å². The largest absolute Gasteiger partial charge is 0.396 e. The highest BCUT2D eigenvalue weighted by Gasteiger charge is 2.32. The zero-order chi connectivity index (χ0) is 11.4. The maximum absolute atomic E-state index is 8.85. The van der Waals surface area contributed by atoms with Gasteiger partial charge in [-0.05, 0) is 19.8 Å². The number of aliphatic hydroxyl groups is 1. The normalized spacial score (nSPS) is 36.8. The number of hydrogen-bond donors (Lipinski definition) is 2. The maximum Gasteiger partial charge on any atom is 0.0551 e. The first-order chi connectivity index (χ1) is 7.79. The van der Waals surface area contributed by atoms with Crippen molar-refractivity contribution < 1.29 is 9.84 Å². The van der Waals surface area contributed by atoms with E-state index in [4.69, 9.17) is 9.84 Å². The Kier molecular flexibility index (Phi) is 4.58. The van der Waals surface area contributed by atoms with Gasteiger partial charge in [0.05, 0.1) is 12.7 Å². The van der Waals surface area contributed by atoms with E-state index < -0.39 is 0 Å². The van der Waals surface area contributed by atoms with Crippen molar-refractivity contribution in [3.8, 4) is 0 Å². The van der Waals surface area contributed by atoms with E-state index in [1.165, 1.54) is 6.42 Å². The van der Waals surface area contributed by atoms with Crippen molar-refractivity contribution in [3.63, 3.8) is 0 Å². The molecule has 2 heterocycles. The molecule has 0 aromatic heterocycles. The molecule has 0 radical (unpaired) electrons. The average molecular weight is 228 g/mol. The van der Waals surface area contributed by atoms with Gasteiger partial charge < -0.3 is 20.1 Å². The summed E-state index contributed by atoms with van der Waals surface area (Å²) in [5, 5.41) is 12.5. The van der Waals surface area contributed by atoms with Crippen LogP contribution in [-0.4, -0.2) is 61.5 Å². The standard InChI is InChI=1S/C12H24N2O2/c1-10-7-11(9-16-10)12-8-14(4-2-6-15)5-3-13-12/h10-13,15H,2-9H2,1H3. The van der Waals surface area contributed by atoms with E-state index in [1.807, 2.05) is 0 Å². The fourth-order valence-electron chi connectivity index (χ4n) is 2.79. The molecular weight excluding hydrogens is 204 g/mol. The van der Waals surface area contributed by atoms with Crippen molar-refractivity contribution in [2.75, 3.05) is 39.4 Å². The van der Waals surface area contributed by atoms with Crippen LogP contribution >= 0.6 is 0 Å². The molecule has 0 aliphatic carbocycles. The number of nitrogens with zero attached hydrogens (tertiary/aromatic N) is 1. The first-order valence-corrected chi connectivity index (χ1v) is 6.48. The van der Waals surface area contributed by atoms with Crippen LogP contribution in [0.15, 0.2) is 0 Å². The predicted octanol–water partition coefficient (Wildman–Crippen LogP) is 0.0676. The van der Waals surface area contributed by atoms with Crippen LogP contribution in [0.3, 0.4) is 0 Å². The Balaban J connectivity index is 1.77. The van der Waals surface area contributed by atoms with E-state index in [0.29, 0.717) is 24.7 Å². The number of rotatable bonds is 4. The summed E-state index contributed by atoms with van der Waals surface area (Å²) < 4.78 is 5.64. The summed E-state index contributed by atoms with van der Waals surface area (Å²) in [6, 6.07) is 0.581. The number of piperazine rings is 1. The number of aliphatic hydroxyl groups excluding tert-OH is 1. The molecule has 2 aliphatic rings. The lowest BCUT2D eigenvalue weighted by Crippen LogP contribution is -2.54. The predicted molar refractivity (Wildman–Crippen MR) is 63.5 cm³/mol. The Bertz CT molecular complexity index is 213. The summed E-state index contributed by atoms with van der Waals surface area (Å²) in [7, 11) is 0. The molecule has 4 heteroatoms. The van der Waals surface area contributed by atoms with E-state index >= 15 is 0 Å². The molecule has 16 heavy (non-hydrogen) atoms. The number of hydrogen-bond acceptors (Lipinski definition) is 4. The van der Waals surface area contributed by atoms with Crippen LogP contribution < -0.4 is 5.32 Å². The zero-order valence-electron chi connectivity index (χ0n) is 10.2. The molecule has 0 bridgehead atoms. The minimum absolute atomic E-state index is 0.304. The van der Waals surface area contributed by atoms with Crippen molar-refractivity contribution >= 4 is 0 Å². The number of nitrogens with one attached hydrogen (secondary N) is 1. The van der Waals surface area contributed by atoms with Crippen LogP contribution in [0.5, 0.6) is 0 Å². The van der Waals surface area contributed by atoms with Gasteiger partial charge in [0.25, 0.3) is 0 Å². The van der Waals surface area contributed by atoms with Crippen molar-refractivity contribution in [2.45, 2.75) is 31.9 Å². The van der Waals surface area contributed by atoms with E-state index in [-0.39, 0.29) is 0 Å². The fourth-order valence-corrected chi connectivity index (χ4v) is 2.79. The molecule has 2 saturated heterocycles. The quantitative estimate of drug-likeness (QED) is 0.714. The fraction of sp³-hybridized carbons (Fsp3) is 1.00. The SMILES string of the molecule is CC1CC(C2CN(CCCO)CCN2)CO1. The summed E-state index contributed by atoms with van der Waals surface area (Å²) in [5.41, 5.74) is 0. The van der Waals surface area contributed by atoms with Crippen molar-refractivity contribution in [1.29, 1.82) is 0 Å². The second kappa shape index (κ2) is 5.96. The Morgan fingerprint density at radius 2 is 2.38 bits per heavy atom. The van der Waals surface area contributed by atoms with Gasteiger partial charge in [-0.2, -0.15) is 0 Å². The summed E-state index contributed by atoms with van der Waals surface area (Å²) in [6.45, 7) is 7.69. The molecule has 0 aromatic carbocycles. The van der Waals surface area contributed by atoms with E-state index in [1.54, 1.807) is 0 Å². The molecule has 3 atom stereocenters. The molecule has 0 amide bonds. The van der Waals surface area contributed by atoms with Crippen molar-refractivity contribution in [1.82, 2.24) is 10.2 Å². The lowest BCUT2D eigenvalue weighted by Gasteiger charge is -2.36. The molecule has 0 saturated carbocycles. The number of ether oxygens (including phenoxy) is 1. The second-order valence-corrected chi connectivity index (χ2v) is 5.08. The lowest BCUT2D eigenvalue weighted by molar-refractivity contribution is 0.107. The zero-order valence-corrected chi connectivity index (χ0v) is 10.2. The molecule has 3 unspecified atom stereocenters. The monoisotopic (exact) mass is 228 g/mol. The lowest BCUT2D eigenvalue weighted by atomic mass is 9.95. The molecular formula is C12H24N2O2. The van der Waals surface area contributed by atoms with Crippen molar-refractivity contribution in [2.24, 2.45) is 5.92 Å². The summed E-state index contributed by atoms with van der Waals surface area (Å²) in [5.74, 6) is 0.673. The van der Waals surface area contributed by atoms with Gasteiger partial charge >= 0.3 is 0 Å². The molecule has 4 nitrogen and oxygen atoms in total. The van der Waals surface area contributed by atoms with E-state index in [0.717, 1.165) is 39.2 Å². The Labute approximate surface area is 98.0 Å². The van der Waals surface area contributed by atoms with Crippen LogP contribution in [0.25, 0.3) is 0 Å². The summed E-state index contributed by atoms with van der Waals surface area (Å²) in [4.78, 5) is 2.46. The van der Waals surface area contributed by atoms with Gasteiger partial charge in [-0.1, -0.05) is 0 Å². The molecule has 0 spiro atoms. The maximum atomic E-state index is 8.85. The Hall–Kier alpha value is -0.160. The molecule has 2 rings (SSSR count). The molecule has 2 fully saturated rings. The van der Waals surface area contributed by atoms with E-state index in [2.05, 4.69) is 17.1 Å². The third-order valence-electron chi connectivity index (χ3n) is 3.72. The smallest absolute Gasteiger partial charge is 0.0551 e. The van der Waals surface area contributed by atoms with Gasteiger partial charge in [0.1, 0.15) is 0 Å². The van der Waals surface area contributed by atoms with Crippen LogP contribution in [0.2, 0.25) is 0 Å². The van der Waals surface area contributed by atoms with E-state index in [9.17, 15) is 0 Å². The highest BCUT2D eigenvalue weighted by Crippen LogP contribution is 2.23. The first kappa shape index (κ1) is 12.3. The van der Waals surface area contributed by atoms with Crippen LogP contribution in [-0.2, 0) is 4.74 Å². The third-order valence-corrected chi connectivity index (χ3v) is 3.72. The highest BCUT2D eigenvalue weighted by atomic mass is 16.5. The molecule has 94 valence electrons. The Morgan fingerprint density at radius 1 is 1.50 bits per heavy atom. The van der Waals surface area contributed by atoms with Gasteiger partial charge in [0, 0.05) is 44.7 Å². The molecule has 2 N–H and O–H groups in total. The molecule has 0 aromatic rings. The van der Waals surface area contributed by atoms with Gasteiger partial charge in [0.2, 0.25) is 0 Å². The third kappa shape index (κ3) is 3.17. The van der Waals surface area contributed by atoms with Gasteiger partial charge in [-0.25, -0.2) is 0 Å². The van der Waals surface area contributed by atoms with Crippen LogP contribution in [0.1, 0.15) is 19.8 Å². The minimum Gasteiger partial charge on any atom is -0.396 e. The highest BCUT2D eigenvalue weighted by molar-refractivity contribution is 4.87.